The van der Waals surface area contributed by atoms with Crippen molar-refractivity contribution in [3.63, 3.8) is 0 Å². The SMILES string of the molecule is CC[Si](CC)(CC)O[C@@H](CCO[Si](c1ccccc1)(c1ccccc1)C(C)(C)C)[C@H](C)C=O. The predicted molar refractivity (Wildman–Crippen MR) is 145 cm³/mol. The summed E-state index contributed by atoms with van der Waals surface area (Å²) in [4.78, 5) is 11.8. The molecule has 0 N–H and O–H groups in total. The molecule has 0 saturated carbocycles. The van der Waals surface area contributed by atoms with Crippen LogP contribution in [0.4, 0.5) is 0 Å². The summed E-state index contributed by atoms with van der Waals surface area (Å²) in [5, 5.41) is 2.50. The molecular formula is C28H44O3Si2. The summed E-state index contributed by atoms with van der Waals surface area (Å²) in [5.74, 6) is -0.135. The van der Waals surface area contributed by atoms with Crippen molar-refractivity contribution in [3.8, 4) is 0 Å². The van der Waals surface area contributed by atoms with Gasteiger partial charge in [-0.3, -0.25) is 0 Å². The predicted octanol–water partition coefficient (Wildman–Crippen LogP) is 6.18. The Kier molecular flexibility index (Phi) is 10.3. The minimum Gasteiger partial charge on any atom is -0.413 e. The third-order valence-corrected chi connectivity index (χ3v) is 17.0. The second-order valence-corrected chi connectivity index (χ2v) is 19.2. The zero-order chi connectivity index (χ0) is 24.5. The summed E-state index contributed by atoms with van der Waals surface area (Å²) in [6.45, 7) is 16.2. The number of rotatable bonds is 13. The summed E-state index contributed by atoms with van der Waals surface area (Å²) in [7, 11) is -4.40. The molecular weight excluding hydrogens is 440 g/mol. The van der Waals surface area contributed by atoms with E-state index in [2.05, 4.69) is 102 Å². The number of hydrogen-bond donors (Lipinski definition) is 0. The molecule has 2 aromatic carbocycles. The Balaban J connectivity index is 2.40. The molecule has 0 unspecified atom stereocenters. The maximum absolute atomic E-state index is 11.8. The summed E-state index contributed by atoms with van der Waals surface area (Å²) in [5.41, 5.74) is 0. The highest BCUT2D eigenvalue weighted by molar-refractivity contribution is 6.99. The highest BCUT2D eigenvalue weighted by atomic mass is 28.4. The van der Waals surface area contributed by atoms with Crippen molar-refractivity contribution in [3.05, 3.63) is 60.7 Å². The van der Waals surface area contributed by atoms with E-state index < -0.39 is 16.6 Å². The van der Waals surface area contributed by atoms with Gasteiger partial charge in [0.25, 0.3) is 8.32 Å². The minimum absolute atomic E-state index is 0.0584. The Bertz CT molecular complexity index is 781. The number of benzene rings is 2. The minimum atomic E-state index is -2.58. The molecule has 5 heteroatoms. The van der Waals surface area contributed by atoms with Crippen LogP contribution in [0.25, 0.3) is 0 Å². The van der Waals surface area contributed by atoms with E-state index in [0.29, 0.717) is 6.61 Å². The van der Waals surface area contributed by atoms with Crippen molar-refractivity contribution < 1.29 is 13.6 Å². The second-order valence-electron chi connectivity index (χ2n) is 10.2. The van der Waals surface area contributed by atoms with Gasteiger partial charge in [-0.05, 0) is 40.0 Å². The molecule has 0 aliphatic carbocycles. The number of hydrogen-bond acceptors (Lipinski definition) is 3. The van der Waals surface area contributed by atoms with Crippen LogP contribution in [0, 0.1) is 5.92 Å². The molecule has 0 bridgehead atoms. The van der Waals surface area contributed by atoms with Crippen molar-refractivity contribution in [2.45, 2.75) is 84.2 Å². The monoisotopic (exact) mass is 484 g/mol. The van der Waals surface area contributed by atoms with Gasteiger partial charge in [-0.25, -0.2) is 0 Å². The molecule has 0 amide bonds. The van der Waals surface area contributed by atoms with Gasteiger partial charge in [0, 0.05) is 12.5 Å². The lowest BCUT2D eigenvalue weighted by molar-refractivity contribution is -0.113. The van der Waals surface area contributed by atoms with Crippen molar-refractivity contribution in [2.24, 2.45) is 5.92 Å². The fourth-order valence-electron chi connectivity index (χ4n) is 4.93. The Morgan fingerprint density at radius 3 is 1.67 bits per heavy atom. The van der Waals surface area contributed by atoms with Gasteiger partial charge in [-0.2, -0.15) is 0 Å². The van der Waals surface area contributed by atoms with Crippen molar-refractivity contribution in [2.75, 3.05) is 6.61 Å². The fraction of sp³-hybridized carbons (Fsp3) is 0.536. The summed E-state index contributed by atoms with van der Waals surface area (Å²) >= 11 is 0. The maximum atomic E-state index is 11.8. The van der Waals surface area contributed by atoms with E-state index >= 15 is 0 Å². The smallest absolute Gasteiger partial charge is 0.261 e. The van der Waals surface area contributed by atoms with E-state index in [-0.39, 0.29) is 17.1 Å². The van der Waals surface area contributed by atoms with Crippen LogP contribution in [0.3, 0.4) is 0 Å². The topological polar surface area (TPSA) is 35.5 Å². The van der Waals surface area contributed by atoms with E-state index in [1.807, 2.05) is 6.92 Å². The fourth-order valence-corrected chi connectivity index (χ4v) is 12.5. The quantitative estimate of drug-likeness (QED) is 0.252. The molecule has 2 aromatic rings. The molecule has 3 nitrogen and oxygen atoms in total. The number of aldehydes is 1. The van der Waals surface area contributed by atoms with Crippen molar-refractivity contribution in [1.29, 1.82) is 0 Å². The lowest BCUT2D eigenvalue weighted by Gasteiger charge is -2.43. The van der Waals surface area contributed by atoms with Crippen LogP contribution in [0.5, 0.6) is 0 Å². The van der Waals surface area contributed by atoms with Gasteiger partial charge >= 0.3 is 0 Å². The molecule has 0 heterocycles. The van der Waals surface area contributed by atoms with Gasteiger partial charge in [-0.15, -0.1) is 0 Å². The van der Waals surface area contributed by atoms with Crippen LogP contribution in [0.15, 0.2) is 60.7 Å². The first-order valence-electron chi connectivity index (χ1n) is 12.6. The Hall–Kier alpha value is -1.54. The highest BCUT2D eigenvalue weighted by Crippen LogP contribution is 2.37. The van der Waals surface area contributed by atoms with Gasteiger partial charge in [0.05, 0.1) is 6.10 Å². The van der Waals surface area contributed by atoms with Crippen LogP contribution >= 0.6 is 0 Å². The van der Waals surface area contributed by atoms with Gasteiger partial charge in [-0.1, -0.05) is 109 Å². The third kappa shape index (κ3) is 6.33. The lowest BCUT2D eigenvalue weighted by atomic mass is 10.0. The molecule has 0 aliphatic rings. The first kappa shape index (κ1) is 27.7. The Labute approximate surface area is 204 Å². The molecule has 2 atom stereocenters. The van der Waals surface area contributed by atoms with Crippen LogP contribution < -0.4 is 10.4 Å². The Morgan fingerprint density at radius 2 is 1.30 bits per heavy atom. The zero-order valence-corrected chi connectivity index (χ0v) is 23.8. The maximum Gasteiger partial charge on any atom is 0.261 e. The first-order valence-corrected chi connectivity index (χ1v) is 17.0. The van der Waals surface area contributed by atoms with Gasteiger partial charge in [0.15, 0.2) is 8.32 Å². The molecule has 2 rings (SSSR count). The number of carbonyl (C=O) groups is 1. The first-order chi connectivity index (χ1) is 15.7. The normalized spacial score (nSPS) is 14.6. The van der Waals surface area contributed by atoms with Gasteiger partial charge in [0.2, 0.25) is 0 Å². The van der Waals surface area contributed by atoms with E-state index in [4.69, 9.17) is 8.85 Å². The lowest BCUT2D eigenvalue weighted by Crippen LogP contribution is -2.66. The van der Waals surface area contributed by atoms with Gasteiger partial charge in [0.1, 0.15) is 6.29 Å². The molecule has 0 spiro atoms. The van der Waals surface area contributed by atoms with Crippen molar-refractivity contribution in [1.82, 2.24) is 0 Å². The second kappa shape index (κ2) is 12.2. The molecule has 33 heavy (non-hydrogen) atoms. The van der Waals surface area contributed by atoms with Crippen molar-refractivity contribution >= 4 is 33.3 Å². The average molecular weight is 485 g/mol. The zero-order valence-electron chi connectivity index (χ0n) is 21.8. The average Bonchev–Trinajstić information content (AvgIpc) is 2.84. The third-order valence-electron chi connectivity index (χ3n) is 7.27. The molecule has 0 saturated heterocycles. The summed E-state index contributed by atoms with van der Waals surface area (Å²) in [6, 6.07) is 24.7. The number of carbonyl (C=O) groups excluding carboxylic acids is 1. The van der Waals surface area contributed by atoms with Crippen LogP contribution in [-0.2, 0) is 13.6 Å². The standard InChI is InChI=1S/C28H44O3Si2/c1-8-32(9-2,10-3)31-27(24(4)23-29)21-22-30-33(28(5,6)7,25-17-13-11-14-18-25)26-19-15-12-16-20-26/h11-20,23-24,27H,8-10,21-22H2,1-7H3/t24-,27+/m1/s1. The largest absolute Gasteiger partial charge is 0.413 e. The Morgan fingerprint density at radius 1 is 0.848 bits per heavy atom. The van der Waals surface area contributed by atoms with Crippen LogP contribution in [0.1, 0.15) is 54.9 Å². The van der Waals surface area contributed by atoms with Gasteiger partial charge < -0.3 is 13.6 Å². The molecule has 0 aromatic heterocycles. The van der Waals surface area contributed by atoms with E-state index in [1.54, 1.807) is 0 Å². The molecule has 0 fully saturated rings. The molecule has 182 valence electrons. The summed E-state index contributed by atoms with van der Waals surface area (Å²) in [6.07, 6.45) is 1.69. The van der Waals surface area contributed by atoms with E-state index in [0.717, 1.165) is 30.8 Å². The molecule has 0 aliphatic heterocycles. The molecule has 0 radical (unpaired) electrons. The summed E-state index contributed by atoms with van der Waals surface area (Å²) < 4.78 is 13.9. The van der Waals surface area contributed by atoms with E-state index in [1.165, 1.54) is 10.4 Å². The highest BCUT2D eigenvalue weighted by Gasteiger charge is 2.50. The van der Waals surface area contributed by atoms with Crippen LogP contribution in [-0.4, -0.2) is 35.6 Å². The van der Waals surface area contributed by atoms with E-state index in [9.17, 15) is 4.79 Å². The van der Waals surface area contributed by atoms with Crippen LogP contribution in [0.2, 0.25) is 23.2 Å².